The Labute approximate surface area is 104 Å². The summed E-state index contributed by atoms with van der Waals surface area (Å²) in [5, 5.41) is 26.5. The van der Waals surface area contributed by atoms with Gasteiger partial charge in [0.15, 0.2) is 5.69 Å². The highest BCUT2D eigenvalue weighted by molar-refractivity contribution is 5.86. The minimum atomic E-state index is -1.10. The normalized spacial score (nSPS) is 23.4. The van der Waals surface area contributed by atoms with Crippen molar-refractivity contribution in [1.29, 1.82) is 0 Å². The molecular weight excluding hydrogens is 238 g/mol. The summed E-state index contributed by atoms with van der Waals surface area (Å²) in [6.07, 6.45) is 2.38. The molecule has 2 N–H and O–H groups in total. The molecule has 2 unspecified atom stereocenters. The summed E-state index contributed by atoms with van der Waals surface area (Å²) >= 11 is 0. The van der Waals surface area contributed by atoms with Crippen LogP contribution >= 0.6 is 0 Å². The zero-order chi connectivity index (χ0) is 13.1. The van der Waals surface area contributed by atoms with E-state index in [1.807, 2.05) is 0 Å². The van der Waals surface area contributed by atoms with Crippen LogP contribution in [0.5, 0.6) is 0 Å². The number of methoxy groups -OCH3 is 1. The summed E-state index contributed by atoms with van der Waals surface area (Å²) in [5.41, 5.74) is 0.474. The fourth-order valence-corrected chi connectivity index (χ4v) is 2.38. The molecule has 0 aromatic carbocycles. The molecule has 2 atom stereocenters. The van der Waals surface area contributed by atoms with E-state index >= 15 is 0 Å². The molecule has 18 heavy (non-hydrogen) atoms. The highest BCUT2D eigenvalue weighted by atomic mass is 16.5. The van der Waals surface area contributed by atoms with Crippen molar-refractivity contribution in [1.82, 2.24) is 15.0 Å². The Morgan fingerprint density at radius 1 is 1.56 bits per heavy atom. The first-order valence-electron chi connectivity index (χ1n) is 5.99. The Bertz CT molecular complexity index is 432. The second-order valence-corrected chi connectivity index (χ2v) is 4.44. The van der Waals surface area contributed by atoms with Crippen molar-refractivity contribution in [2.75, 3.05) is 13.7 Å². The fraction of sp³-hybridized carbons (Fsp3) is 0.727. The number of nitrogens with zero attached hydrogens (tertiary/aromatic N) is 3. The van der Waals surface area contributed by atoms with Gasteiger partial charge < -0.3 is 14.9 Å². The van der Waals surface area contributed by atoms with Crippen LogP contribution in [0, 0.1) is 0 Å². The number of carbonyl (C=O) groups is 1. The van der Waals surface area contributed by atoms with Crippen molar-refractivity contribution in [3.63, 3.8) is 0 Å². The maximum absolute atomic E-state index is 11.1. The van der Waals surface area contributed by atoms with Crippen LogP contribution in [0.2, 0.25) is 0 Å². The molecule has 1 aliphatic rings. The first kappa shape index (κ1) is 13.0. The second kappa shape index (κ2) is 5.45. The molecule has 1 saturated carbocycles. The lowest BCUT2D eigenvalue weighted by Crippen LogP contribution is -2.22. The third-order valence-corrected chi connectivity index (χ3v) is 3.29. The van der Waals surface area contributed by atoms with Gasteiger partial charge in [-0.1, -0.05) is 5.21 Å². The van der Waals surface area contributed by atoms with Gasteiger partial charge in [0.1, 0.15) is 0 Å². The molecule has 7 nitrogen and oxygen atoms in total. The lowest BCUT2D eigenvalue weighted by Gasteiger charge is -2.17. The number of aliphatic hydroxyl groups excluding tert-OH is 1. The minimum absolute atomic E-state index is 0.0499. The first-order chi connectivity index (χ1) is 8.65. The van der Waals surface area contributed by atoms with Crippen molar-refractivity contribution in [3.8, 4) is 0 Å². The summed E-state index contributed by atoms with van der Waals surface area (Å²) in [4.78, 5) is 11.1. The molecular formula is C11H17N3O4. The van der Waals surface area contributed by atoms with Crippen molar-refractivity contribution >= 4 is 5.97 Å². The van der Waals surface area contributed by atoms with Gasteiger partial charge in [-0.3, -0.25) is 0 Å². The van der Waals surface area contributed by atoms with Crippen LogP contribution in [-0.2, 0) is 11.2 Å². The van der Waals surface area contributed by atoms with Gasteiger partial charge in [0.2, 0.25) is 0 Å². The Balaban J connectivity index is 2.31. The number of aromatic carboxylic acids is 1. The monoisotopic (exact) mass is 255 g/mol. The van der Waals surface area contributed by atoms with Crippen LogP contribution in [0.4, 0.5) is 0 Å². The number of carboxylic acids is 1. The Hall–Kier alpha value is -1.47. The topological polar surface area (TPSA) is 97.5 Å². The molecule has 0 bridgehead atoms. The third kappa shape index (κ3) is 2.37. The van der Waals surface area contributed by atoms with Gasteiger partial charge in [-0.2, -0.15) is 0 Å². The zero-order valence-electron chi connectivity index (χ0n) is 10.2. The minimum Gasteiger partial charge on any atom is -0.476 e. The highest BCUT2D eigenvalue weighted by Gasteiger charge is 2.31. The van der Waals surface area contributed by atoms with Gasteiger partial charge in [-0.25, -0.2) is 9.48 Å². The van der Waals surface area contributed by atoms with Crippen molar-refractivity contribution in [2.45, 2.75) is 37.8 Å². The lowest BCUT2D eigenvalue weighted by atomic mass is 10.2. The molecule has 0 amide bonds. The van der Waals surface area contributed by atoms with Crippen LogP contribution in [-0.4, -0.2) is 51.0 Å². The van der Waals surface area contributed by atoms with Crippen molar-refractivity contribution in [2.24, 2.45) is 0 Å². The third-order valence-electron chi connectivity index (χ3n) is 3.29. The number of ether oxygens (including phenoxy) is 1. The number of aromatic nitrogens is 3. The average molecular weight is 255 g/mol. The van der Waals surface area contributed by atoms with Gasteiger partial charge in [-0.15, -0.1) is 5.10 Å². The summed E-state index contributed by atoms with van der Waals surface area (Å²) in [6, 6.07) is -0.169. The first-order valence-corrected chi connectivity index (χ1v) is 5.99. The molecule has 0 spiro atoms. The molecule has 100 valence electrons. The Morgan fingerprint density at radius 3 is 2.89 bits per heavy atom. The maximum atomic E-state index is 11.1. The lowest BCUT2D eigenvalue weighted by molar-refractivity contribution is 0.0688. The van der Waals surface area contributed by atoms with Crippen LogP contribution in [0.15, 0.2) is 0 Å². The largest absolute Gasteiger partial charge is 0.476 e. The van der Waals surface area contributed by atoms with E-state index in [4.69, 9.17) is 9.84 Å². The molecule has 1 heterocycles. The predicted octanol–water partition coefficient (Wildman–Crippen LogP) is 0.251. The molecule has 0 saturated heterocycles. The van der Waals surface area contributed by atoms with Crippen LogP contribution in [0.1, 0.15) is 41.5 Å². The molecule has 1 aromatic rings. The predicted molar refractivity (Wildman–Crippen MR) is 61.5 cm³/mol. The Morgan fingerprint density at radius 2 is 2.33 bits per heavy atom. The smallest absolute Gasteiger partial charge is 0.358 e. The van der Waals surface area contributed by atoms with Gasteiger partial charge >= 0.3 is 5.97 Å². The average Bonchev–Trinajstić information content (AvgIpc) is 2.91. The number of hydrogen-bond acceptors (Lipinski definition) is 5. The number of aliphatic hydroxyl groups is 1. The van der Waals surface area contributed by atoms with E-state index in [9.17, 15) is 9.90 Å². The van der Waals surface area contributed by atoms with Gasteiger partial charge in [0.25, 0.3) is 0 Å². The van der Waals surface area contributed by atoms with E-state index in [0.29, 0.717) is 18.7 Å². The van der Waals surface area contributed by atoms with E-state index < -0.39 is 12.1 Å². The number of hydrogen-bond donors (Lipinski definition) is 2. The summed E-state index contributed by atoms with van der Waals surface area (Å²) < 4.78 is 6.53. The van der Waals surface area contributed by atoms with Crippen LogP contribution < -0.4 is 0 Å². The highest BCUT2D eigenvalue weighted by Crippen LogP contribution is 2.31. The number of carboxylic acid groups (broad SMARTS) is 1. The summed E-state index contributed by atoms with van der Waals surface area (Å²) in [7, 11) is 1.55. The molecule has 2 rings (SSSR count). The summed E-state index contributed by atoms with van der Waals surface area (Å²) in [5.74, 6) is -1.10. The van der Waals surface area contributed by atoms with Crippen molar-refractivity contribution in [3.05, 3.63) is 11.4 Å². The van der Waals surface area contributed by atoms with E-state index in [-0.39, 0.29) is 11.7 Å². The fourth-order valence-electron chi connectivity index (χ4n) is 2.38. The maximum Gasteiger partial charge on any atom is 0.358 e. The van der Waals surface area contributed by atoms with E-state index in [2.05, 4.69) is 10.3 Å². The Kier molecular flexibility index (Phi) is 3.93. The molecule has 1 aromatic heterocycles. The van der Waals surface area contributed by atoms with Gasteiger partial charge in [0.05, 0.1) is 24.4 Å². The molecule has 1 aliphatic carbocycles. The standard InChI is InChI=1S/C11H17N3O4/c1-18-6-5-8-10(11(16)17)12-13-14(8)7-3-2-4-9(7)15/h7,9,15H,2-6H2,1H3,(H,16,17). The second-order valence-electron chi connectivity index (χ2n) is 4.44. The SMILES string of the molecule is COCCc1c(C(=O)O)nnn1C1CCCC1O. The van der Waals surface area contributed by atoms with E-state index in [0.717, 1.165) is 19.3 Å². The summed E-state index contributed by atoms with van der Waals surface area (Å²) in [6.45, 7) is 0.399. The van der Waals surface area contributed by atoms with E-state index in [1.54, 1.807) is 11.8 Å². The molecule has 1 fully saturated rings. The van der Waals surface area contributed by atoms with Gasteiger partial charge in [-0.05, 0) is 19.3 Å². The zero-order valence-corrected chi connectivity index (χ0v) is 10.2. The quantitative estimate of drug-likeness (QED) is 0.782. The van der Waals surface area contributed by atoms with Gasteiger partial charge in [0, 0.05) is 13.5 Å². The van der Waals surface area contributed by atoms with Crippen molar-refractivity contribution < 1.29 is 19.7 Å². The van der Waals surface area contributed by atoms with Crippen LogP contribution in [0.3, 0.4) is 0 Å². The number of rotatable bonds is 5. The molecule has 0 radical (unpaired) electrons. The molecule has 7 heteroatoms. The molecule has 0 aliphatic heterocycles. The van der Waals surface area contributed by atoms with Crippen LogP contribution in [0.25, 0.3) is 0 Å². The van der Waals surface area contributed by atoms with E-state index in [1.165, 1.54) is 0 Å².